The first-order valence-electron chi connectivity index (χ1n) is 14.5. The molecular weight excluding hydrogens is 680 g/mol. The number of hydrogen-bond donors (Lipinski definition) is 1. The van der Waals surface area contributed by atoms with Crippen molar-refractivity contribution in [3.8, 4) is 11.5 Å². The van der Waals surface area contributed by atoms with Crippen LogP contribution in [0.2, 0.25) is 0 Å². The van der Waals surface area contributed by atoms with E-state index in [0.717, 1.165) is 17.0 Å². The number of methoxy groups -OCH3 is 1. The van der Waals surface area contributed by atoms with Crippen molar-refractivity contribution >= 4 is 62.1 Å². The summed E-state index contributed by atoms with van der Waals surface area (Å²) in [5.74, 6) is -5.69. The van der Waals surface area contributed by atoms with Crippen LogP contribution in [0.1, 0.15) is 31.2 Å². The van der Waals surface area contributed by atoms with Crippen LogP contribution < -0.4 is 14.5 Å². The number of phenols is 1. The molecule has 0 aromatic heterocycles. The fourth-order valence-corrected chi connectivity index (χ4v) is 7.83. The summed E-state index contributed by atoms with van der Waals surface area (Å²) in [6.45, 7) is 1.54. The lowest BCUT2D eigenvalue weighted by Gasteiger charge is -2.42. The first-order valence-corrected chi connectivity index (χ1v) is 15.3. The minimum absolute atomic E-state index is 0.0176. The van der Waals surface area contributed by atoms with Gasteiger partial charge in [-0.05, 0) is 65.4 Å². The second kappa shape index (κ2) is 11.3. The number of nitrogens with zero attached hydrogens (tertiary/aromatic N) is 4. The molecule has 1 N–H and O–H groups in total. The molecule has 0 spiro atoms. The Bertz CT molecular complexity index is 1930. The maximum Gasteiger partial charge on any atom is 0.301 e. The quantitative estimate of drug-likeness (QED) is 0.144. The average Bonchev–Trinajstić information content (AvgIpc) is 3.28. The number of phenolic OH excluding ortho intramolecular Hbond substituents is 1. The Labute approximate surface area is 275 Å². The first kappa shape index (κ1) is 31.8. The summed E-state index contributed by atoms with van der Waals surface area (Å²) >= 11 is 3.33. The Balaban J connectivity index is 1.50. The monoisotopic (exact) mass is 706 g/mol. The Morgan fingerprint density at radius 3 is 2.21 bits per heavy atom. The molecule has 4 aliphatic rings. The van der Waals surface area contributed by atoms with E-state index < -0.39 is 62.5 Å². The van der Waals surface area contributed by atoms with Crippen LogP contribution in [-0.4, -0.2) is 59.5 Å². The first-order chi connectivity index (χ1) is 22.2. The summed E-state index contributed by atoms with van der Waals surface area (Å²) in [5, 5.41) is 34.5. The second-order valence-corrected chi connectivity index (χ2v) is 12.9. The zero-order valence-corrected chi connectivity index (χ0v) is 27.1. The molecule has 0 radical (unpaired) electrons. The van der Waals surface area contributed by atoms with E-state index in [1.165, 1.54) is 32.2 Å². The highest BCUT2D eigenvalue weighted by molar-refractivity contribution is 9.10. The van der Waals surface area contributed by atoms with E-state index in [1.807, 2.05) is 0 Å². The SMILES string of the molecule is COc1cc([C@H]2C3=CC[C@@H]4C(=O)N(c5cc([N+](=O)[O-])c(N(C)C)c([N+](=O)[O-])c5)C(=O)[C@@H]4[C@@H]3CC3=C2C(=O)C(C)=CC3=O)cc(Br)c1O. The summed E-state index contributed by atoms with van der Waals surface area (Å²) in [6.07, 6.45) is 3.09. The molecule has 1 saturated heterocycles. The maximum absolute atomic E-state index is 14.3. The van der Waals surface area contributed by atoms with Crippen molar-refractivity contribution in [2.75, 3.05) is 31.0 Å². The highest BCUT2D eigenvalue weighted by Crippen LogP contribution is 2.56. The van der Waals surface area contributed by atoms with Crippen molar-refractivity contribution in [1.82, 2.24) is 0 Å². The van der Waals surface area contributed by atoms with Gasteiger partial charge in [-0.15, -0.1) is 0 Å². The van der Waals surface area contributed by atoms with Crippen LogP contribution in [0.25, 0.3) is 0 Å². The van der Waals surface area contributed by atoms with Gasteiger partial charge in [-0.3, -0.25) is 39.4 Å². The van der Waals surface area contributed by atoms with Gasteiger partial charge in [-0.25, -0.2) is 4.90 Å². The number of allylic oxidation sites excluding steroid dienone is 6. The largest absolute Gasteiger partial charge is 0.503 e. The summed E-state index contributed by atoms with van der Waals surface area (Å²) in [4.78, 5) is 79.6. The highest BCUT2D eigenvalue weighted by Gasteiger charge is 2.57. The fourth-order valence-electron chi connectivity index (χ4n) is 7.37. The lowest BCUT2D eigenvalue weighted by Crippen LogP contribution is -2.39. The third kappa shape index (κ3) is 4.75. The summed E-state index contributed by atoms with van der Waals surface area (Å²) in [5.41, 5.74) is -0.0694. The molecule has 1 heterocycles. The number of nitro groups is 2. The van der Waals surface area contributed by atoms with Gasteiger partial charge < -0.3 is 14.7 Å². The Hall–Kier alpha value is -5.18. The molecule has 4 atom stereocenters. The summed E-state index contributed by atoms with van der Waals surface area (Å²) < 4.78 is 5.63. The minimum atomic E-state index is -1.02. The van der Waals surface area contributed by atoms with Crippen LogP contribution >= 0.6 is 15.9 Å². The molecule has 2 aromatic carbocycles. The van der Waals surface area contributed by atoms with Crippen molar-refractivity contribution in [2.45, 2.75) is 25.7 Å². The molecular formula is C32H27BrN4O10. The number of halogens is 1. The number of aromatic hydroxyl groups is 1. The number of fused-ring (bicyclic) bond motifs is 3. The van der Waals surface area contributed by atoms with E-state index in [9.17, 15) is 44.5 Å². The second-order valence-electron chi connectivity index (χ2n) is 12.0. The molecule has 1 aliphatic heterocycles. The van der Waals surface area contributed by atoms with E-state index in [0.29, 0.717) is 11.1 Å². The molecule has 2 aromatic rings. The predicted octanol–water partition coefficient (Wildman–Crippen LogP) is 4.68. The topological polar surface area (TPSA) is 190 Å². The molecule has 0 unspecified atom stereocenters. The van der Waals surface area contributed by atoms with Crippen molar-refractivity contribution in [2.24, 2.45) is 17.8 Å². The Morgan fingerprint density at radius 1 is 1.00 bits per heavy atom. The molecule has 15 heteroatoms. The number of ketones is 2. The van der Waals surface area contributed by atoms with Crippen LogP contribution in [0.4, 0.5) is 22.7 Å². The van der Waals surface area contributed by atoms with E-state index in [4.69, 9.17) is 4.74 Å². The normalized spacial score (nSPS) is 23.6. The van der Waals surface area contributed by atoms with Crippen LogP contribution in [-0.2, 0) is 19.2 Å². The van der Waals surface area contributed by atoms with E-state index in [1.54, 1.807) is 25.1 Å². The molecule has 14 nitrogen and oxygen atoms in total. The van der Waals surface area contributed by atoms with Gasteiger partial charge in [0.2, 0.25) is 11.8 Å². The van der Waals surface area contributed by atoms with E-state index in [-0.39, 0.29) is 62.7 Å². The number of benzene rings is 2. The number of ether oxygens (including phenoxy) is 1. The molecule has 2 amide bonds. The van der Waals surface area contributed by atoms with Crippen LogP contribution in [0.5, 0.6) is 11.5 Å². The van der Waals surface area contributed by atoms with Gasteiger partial charge in [-0.1, -0.05) is 11.6 Å². The van der Waals surface area contributed by atoms with Crippen LogP contribution in [0, 0.1) is 38.0 Å². The highest BCUT2D eigenvalue weighted by atomic mass is 79.9. The van der Waals surface area contributed by atoms with Crippen molar-refractivity contribution in [3.63, 3.8) is 0 Å². The smallest absolute Gasteiger partial charge is 0.301 e. The molecule has 6 rings (SSSR count). The van der Waals surface area contributed by atoms with Gasteiger partial charge in [0, 0.05) is 48.9 Å². The number of imide groups is 1. The van der Waals surface area contributed by atoms with Gasteiger partial charge in [0.1, 0.15) is 0 Å². The molecule has 1 fully saturated rings. The van der Waals surface area contributed by atoms with Gasteiger partial charge in [0.05, 0.1) is 39.0 Å². The standard InChI is InChI=1S/C32H27BrN4O10/c1-13-7-23(38)19-12-18-16(25(27(19)29(13)39)14-8-20(33)30(40)24(9-14)47-4)5-6-17-26(18)32(42)35(31(17)41)15-10-21(36(43)44)28(34(2)3)22(11-15)37(45)46/h5,7-11,17-18,25-26,40H,6,12H2,1-4H3/t17-,18+,25-,26-/m0/s1. The fraction of sp³-hybridized carbons (Fsp3) is 0.312. The number of amides is 2. The number of carbonyl (C=O) groups is 4. The minimum Gasteiger partial charge on any atom is -0.503 e. The third-order valence-corrected chi connectivity index (χ3v) is 9.93. The molecule has 47 heavy (non-hydrogen) atoms. The number of rotatable bonds is 6. The van der Waals surface area contributed by atoms with Crippen molar-refractivity contribution in [1.29, 1.82) is 0 Å². The summed E-state index contributed by atoms with van der Waals surface area (Å²) in [7, 11) is 4.17. The van der Waals surface area contributed by atoms with Gasteiger partial charge >= 0.3 is 11.4 Å². The van der Waals surface area contributed by atoms with Gasteiger partial charge in [-0.2, -0.15) is 0 Å². The zero-order valence-electron chi connectivity index (χ0n) is 25.5. The van der Waals surface area contributed by atoms with E-state index >= 15 is 0 Å². The number of nitro benzene ring substituents is 2. The average molecular weight is 707 g/mol. The lowest BCUT2D eigenvalue weighted by molar-refractivity contribution is -0.392. The maximum atomic E-state index is 14.3. The molecule has 0 saturated carbocycles. The summed E-state index contributed by atoms with van der Waals surface area (Å²) in [6, 6.07) is 5.11. The van der Waals surface area contributed by atoms with Gasteiger partial charge in [0.15, 0.2) is 28.8 Å². The number of anilines is 2. The third-order valence-electron chi connectivity index (χ3n) is 9.32. The van der Waals surface area contributed by atoms with Crippen LogP contribution in [0.3, 0.4) is 0 Å². The number of Topliss-reactive ketones (excluding diaryl/α,β-unsaturated/α-hetero) is 1. The van der Waals surface area contributed by atoms with E-state index in [2.05, 4.69) is 15.9 Å². The van der Waals surface area contributed by atoms with Gasteiger partial charge in [0.25, 0.3) is 0 Å². The zero-order chi connectivity index (χ0) is 34.2. The molecule has 0 bridgehead atoms. The Kier molecular flexibility index (Phi) is 7.62. The van der Waals surface area contributed by atoms with Crippen molar-refractivity contribution in [3.05, 3.63) is 89.0 Å². The predicted molar refractivity (Wildman–Crippen MR) is 170 cm³/mol. The van der Waals surface area contributed by atoms with Crippen LogP contribution in [0.15, 0.2) is 63.2 Å². The van der Waals surface area contributed by atoms with Crippen molar-refractivity contribution < 1.29 is 38.9 Å². The Morgan fingerprint density at radius 2 is 1.64 bits per heavy atom. The lowest BCUT2D eigenvalue weighted by atomic mass is 9.59. The number of hydrogen-bond acceptors (Lipinski definition) is 11. The number of carbonyl (C=O) groups excluding carboxylic acids is 4. The molecule has 242 valence electrons. The molecule has 3 aliphatic carbocycles.